The normalized spacial score (nSPS) is 18.2. The Morgan fingerprint density at radius 3 is 2.61 bits per heavy atom. The van der Waals surface area contributed by atoms with Gasteiger partial charge in [0.25, 0.3) is 0 Å². The highest BCUT2D eigenvalue weighted by atomic mass is 32.2. The Morgan fingerprint density at radius 1 is 1.29 bits per heavy atom. The van der Waals surface area contributed by atoms with Gasteiger partial charge in [-0.05, 0) is 36.8 Å². The second-order valence-corrected chi connectivity index (χ2v) is 7.37. The van der Waals surface area contributed by atoms with Crippen molar-refractivity contribution in [3.8, 4) is 0 Å². The number of nitrogens with zero attached hydrogens (tertiary/aromatic N) is 2. The Bertz CT molecular complexity index is 844. The largest absolute Gasteiger partial charge is 0.416 e. The number of carbonyl (C=O) groups excluding carboxylic acids is 2. The average Bonchev–Trinajstić information content (AvgIpc) is 3.07. The van der Waals surface area contributed by atoms with Crippen LogP contribution in [0.15, 0.2) is 48.7 Å². The van der Waals surface area contributed by atoms with Crippen molar-refractivity contribution in [3.05, 3.63) is 65.5 Å². The zero-order chi connectivity index (χ0) is 20.3. The summed E-state index contributed by atoms with van der Waals surface area (Å²) in [6, 6.07) is 9.26. The summed E-state index contributed by atoms with van der Waals surface area (Å²) < 4.78 is 38.3. The number of hydrogen-bond donors (Lipinski definition) is 1. The number of benzene rings is 1. The molecule has 1 fully saturated rings. The molecule has 1 aliphatic heterocycles. The molecule has 0 bridgehead atoms. The Hall–Kier alpha value is -2.55. The minimum absolute atomic E-state index is 0.170. The molecule has 1 aromatic heterocycles. The van der Waals surface area contributed by atoms with Crippen molar-refractivity contribution in [2.24, 2.45) is 0 Å². The van der Waals surface area contributed by atoms with E-state index in [1.54, 1.807) is 31.3 Å². The molecule has 9 heteroatoms. The van der Waals surface area contributed by atoms with Crippen LogP contribution in [0.25, 0.3) is 0 Å². The van der Waals surface area contributed by atoms with Gasteiger partial charge in [-0.1, -0.05) is 18.2 Å². The molecule has 1 saturated heterocycles. The average molecular weight is 409 g/mol. The first-order chi connectivity index (χ1) is 13.3. The summed E-state index contributed by atoms with van der Waals surface area (Å²) in [5.74, 6) is -0.405. The zero-order valence-electron chi connectivity index (χ0n) is 14.9. The van der Waals surface area contributed by atoms with Crippen molar-refractivity contribution in [1.82, 2.24) is 15.2 Å². The molecule has 0 saturated carbocycles. The van der Waals surface area contributed by atoms with Crippen molar-refractivity contribution >= 4 is 23.6 Å². The Kier molecular flexibility index (Phi) is 5.93. The van der Waals surface area contributed by atoms with Gasteiger partial charge in [0, 0.05) is 6.20 Å². The van der Waals surface area contributed by atoms with E-state index in [1.165, 1.54) is 28.8 Å². The summed E-state index contributed by atoms with van der Waals surface area (Å²) in [4.78, 5) is 30.4. The van der Waals surface area contributed by atoms with Gasteiger partial charge in [0.05, 0.1) is 23.6 Å². The SMILES string of the molecule is CC(C(=O)NCc1ccccn1)N1C(=O)CSC1c1ccc(C(F)(F)F)cc1. The van der Waals surface area contributed by atoms with E-state index < -0.39 is 23.2 Å². The second kappa shape index (κ2) is 8.22. The van der Waals surface area contributed by atoms with Crippen LogP contribution in [0.5, 0.6) is 0 Å². The second-order valence-electron chi connectivity index (χ2n) is 6.30. The molecule has 3 rings (SSSR count). The van der Waals surface area contributed by atoms with E-state index in [2.05, 4.69) is 10.3 Å². The van der Waals surface area contributed by atoms with Gasteiger partial charge in [0.1, 0.15) is 11.4 Å². The number of amides is 2. The lowest BCUT2D eigenvalue weighted by Crippen LogP contribution is -2.46. The van der Waals surface area contributed by atoms with E-state index in [4.69, 9.17) is 0 Å². The maximum absolute atomic E-state index is 12.8. The summed E-state index contributed by atoms with van der Waals surface area (Å²) in [6.07, 6.45) is -2.80. The van der Waals surface area contributed by atoms with Crippen LogP contribution >= 0.6 is 11.8 Å². The maximum Gasteiger partial charge on any atom is 0.416 e. The van der Waals surface area contributed by atoms with Crippen LogP contribution in [-0.2, 0) is 22.3 Å². The summed E-state index contributed by atoms with van der Waals surface area (Å²) >= 11 is 1.29. The minimum atomic E-state index is -4.42. The van der Waals surface area contributed by atoms with Gasteiger partial charge < -0.3 is 10.2 Å². The van der Waals surface area contributed by atoms with E-state index in [0.29, 0.717) is 11.3 Å². The molecule has 0 spiro atoms. The van der Waals surface area contributed by atoms with Gasteiger partial charge in [0.15, 0.2) is 0 Å². The third-order valence-electron chi connectivity index (χ3n) is 4.40. The molecule has 2 heterocycles. The highest BCUT2D eigenvalue weighted by molar-refractivity contribution is 8.00. The number of pyridine rings is 1. The van der Waals surface area contributed by atoms with Gasteiger partial charge in [-0.3, -0.25) is 14.6 Å². The van der Waals surface area contributed by atoms with E-state index in [1.807, 2.05) is 0 Å². The Balaban J connectivity index is 1.71. The maximum atomic E-state index is 12.8. The van der Waals surface area contributed by atoms with Crippen LogP contribution in [0.2, 0.25) is 0 Å². The van der Waals surface area contributed by atoms with Gasteiger partial charge in [-0.25, -0.2) is 0 Å². The summed E-state index contributed by atoms with van der Waals surface area (Å²) in [7, 11) is 0. The molecular formula is C19H18F3N3O2S. The fraction of sp³-hybridized carbons (Fsp3) is 0.316. The van der Waals surface area contributed by atoms with Crippen LogP contribution in [0.3, 0.4) is 0 Å². The van der Waals surface area contributed by atoms with Crippen LogP contribution in [0, 0.1) is 0 Å². The van der Waals surface area contributed by atoms with Crippen molar-refractivity contribution in [1.29, 1.82) is 0 Å². The smallest absolute Gasteiger partial charge is 0.349 e. The van der Waals surface area contributed by atoms with Crippen LogP contribution in [-0.4, -0.2) is 33.5 Å². The van der Waals surface area contributed by atoms with E-state index in [9.17, 15) is 22.8 Å². The number of carbonyl (C=O) groups is 2. The predicted octanol–water partition coefficient (Wildman–Crippen LogP) is 3.38. The number of thioether (sulfide) groups is 1. The summed E-state index contributed by atoms with van der Waals surface area (Å²) in [5, 5.41) is 2.23. The molecular weight excluding hydrogens is 391 g/mol. The molecule has 2 unspecified atom stereocenters. The van der Waals surface area contributed by atoms with Crippen LogP contribution in [0.1, 0.15) is 29.1 Å². The van der Waals surface area contributed by atoms with E-state index in [-0.39, 0.29) is 24.1 Å². The highest BCUT2D eigenvalue weighted by Crippen LogP contribution is 2.41. The Labute approximate surface area is 164 Å². The molecule has 5 nitrogen and oxygen atoms in total. The van der Waals surface area contributed by atoms with Crippen molar-refractivity contribution in [2.45, 2.75) is 31.1 Å². The van der Waals surface area contributed by atoms with Crippen molar-refractivity contribution in [3.63, 3.8) is 0 Å². The lowest BCUT2D eigenvalue weighted by molar-refractivity contribution is -0.138. The first-order valence-corrected chi connectivity index (χ1v) is 9.60. The molecule has 148 valence electrons. The molecule has 1 aromatic carbocycles. The lowest BCUT2D eigenvalue weighted by Gasteiger charge is -2.29. The number of rotatable bonds is 5. The molecule has 0 radical (unpaired) electrons. The monoisotopic (exact) mass is 409 g/mol. The standard InChI is InChI=1S/C19H18F3N3O2S/c1-12(17(27)24-10-15-4-2-3-9-23-15)25-16(26)11-28-18(25)13-5-7-14(8-6-13)19(20,21)22/h2-9,12,18H,10-11H2,1H3,(H,24,27). The van der Waals surface area contributed by atoms with Gasteiger partial charge >= 0.3 is 6.18 Å². The van der Waals surface area contributed by atoms with Crippen LogP contribution < -0.4 is 5.32 Å². The number of hydrogen-bond acceptors (Lipinski definition) is 4. The molecule has 2 atom stereocenters. The fourth-order valence-electron chi connectivity index (χ4n) is 2.90. The number of alkyl halides is 3. The Morgan fingerprint density at radius 2 is 2.00 bits per heavy atom. The minimum Gasteiger partial charge on any atom is -0.349 e. The fourth-order valence-corrected chi connectivity index (χ4v) is 4.16. The third-order valence-corrected chi connectivity index (χ3v) is 5.62. The summed E-state index contributed by atoms with van der Waals surface area (Å²) in [6.45, 7) is 1.83. The molecule has 28 heavy (non-hydrogen) atoms. The van der Waals surface area contributed by atoms with Gasteiger partial charge in [-0.2, -0.15) is 13.2 Å². The number of halogens is 3. The van der Waals surface area contributed by atoms with Crippen molar-refractivity contribution < 1.29 is 22.8 Å². The molecule has 2 amide bonds. The van der Waals surface area contributed by atoms with E-state index in [0.717, 1.165) is 12.1 Å². The highest BCUT2D eigenvalue weighted by Gasteiger charge is 2.39. The molecule has 0 aliphatic carbocycles. The molecule has 1 aliphatic rings. The first kappa shape index (κ1) is 20.2. The molecule has 2 aromatic rings. The van der Waals surface area contributed by atoms with Crippen LogP contribution in [0.4, 0.5) is 13.2 Å². The predicted molar refractivity (Wildman–Crippen MR) is 99.0 cm³/mol. The van der Waals surface area contributed by atoms with E-state index >= 15 is 0 Å². The lowest BCUT2D eigenvalue weighted by atomic mass is 10.1. The first-order valence-electron chi connectivity index (χ1n) is 8.55. The number of aromatic nitrogens is 1. The summed E-state index contributed by atoms with van der Waals surface area (Å²) in [5.41, 5.74) is 0.482. The zero-order valence-corrected chi connectivity index (χ0v) is 15.8. The molecule has 1 N–H and O–H groups in total. The topological polar surface area (TPSA) is 62.3 Å². The quantitative estimate of drug-likeness (QED) is 0.823. The third kappa shape index (κ3) is 4.46. The van der Waals surface area contributed by atoms with Crippen molar-refractivity contribution in [2.75, 3.05) is 5.75 Å². The van der Waals surface area contributed by atoms with Gasteiger partial charge in [0.2, 0.25) is 11.8 Å². The number of nitrogens with one attached hydrogen (secondary N) is 1. The van der Waals surface area contributed by atoms with Gasteiger partial charge in [-0.15, -0.1) is 11.8 Å².